The summed E-state index contributed by atoms with van der Waals surface area (Å²) in [5.74, 6) is 0.617. The molecule has 1 atom stereocenters. The molecule has 1 fully saturated rings. The Morgan fingerprint density at radius 2 is 2.40 bits per heavy atom. The third-order valence-corrected chi connectivity index (χ3v) is 2.84. The first-order valence-electron chi connectivity index (χ1n) is 5.58. The Morgan fingerprint density at radius 1 is 1.67 bits per heavy atom. The molecule has 1 saturated carbocycles. The lowest BCUT2D eigenvalue weighted by Crippen LogP contribution is -2.35. The van der Waals surface area contributed by atoms with E-state index in [1.165, 1.54) is 12.8 Å². The molecule has 0 aromatic rings. The maximum absolute atomic E-state index is 11.6. The number of nitrogens with zero attached hydrogens (tertiary/aromatic N) is 1. The molecule has 4 heteroatoms. The summed E-state index contributed by atoms with van der Waals surface area (Å²) in [7, 11) is 1.91. The van der Waals surface area contributed by atoms with E-state index < -0.39 is 0 Å². The second-order valence-electron chi connectivity index (χ2n) is 4.28. The summed E-state index contributed by atoms with van der Waals surface area (Å²) < 4.78 is 5.03. The highest BCUT2D eigenvalue weighted by Crippen LogP contribution is 2.35. The molecule has 0 spiro atoms. The molecule has 0 aromatic heterocycles. The van der Waals surface area contributed by atoms with Crippen LogP contribution in [0.1, 0.15) is 26.2 Å². The molecule has 0 saturated heterocycles. The minimum atomic E-state index is -0.181. The molecule has 2 rings (SSSR count). The van der Waals surface area contributed by atoms with Gasteiger partial charge >= 0.3 is 5.97 Å². The number of carbonyl (C=O) groups is 1. The summed E-state index contributed by atoms with van der Waals surface area (Å²) in [6, 6.07) is 0.154. The van der Waals surface area contributed by atoms with Gasteiger partial charge in [-0.2, -0.15) is 0 Å². The highest BCUT2D eigenvalue weighted by atomic mass is 16.5. The summed E-state index contributed by atoms with van der Waals surface area (Å²) >= 11 is 0. The van der Waals surface area contributed by atoms with Gasteiger partial charge in [-0.1, -0.05) is 12.8 Å². The minimum Gasteiger partial charge on any atom is -0.463 e. The molecule has 15 heavy (non-hydrogen) atoms. The number of esters is 1. The van der Waals surface area contributed by atoms with Crippen LogP contribution >= 0.6 is 0 Å². The Morgan fingerprint density at radius 3 is 3.00 bits per heavy atom. The van der Waals surface area contributed by atoms with Crippen LogP contribution in [-0.2, 0) is 9.53 Å². The van der Waals surface area contributed by atoms with Crippen molar-refractivity contribution in [1.82, 2.24) is 10.4 Å². The Hall–Kier alpha value is -1.03. The van der Waals surface area contributed by atoms with Crippen molar-refractivity contribution in [2.45, 2.75) is 32.2 Å². The molecule has 0 bridgehead atoms. The molecule has 0 aromatic carbocycles. The lowest BCUT2D eigenvalue weighted by atomic mass is 10.0. The molecular weight excluding hydrogens is 192 g/mol. The summed E-state index contributed by atoms with van der Waals surface area (Å²) in [5, 5.41) is 1.85. The highest BCUT2D eigenvalue weighted by Gasteiger charge is 2.33. The standard InChI is InChI=1S/C11H18N2O2/c1-3-15-11(14)9-7-13(2)12-10(9)6-8-4-5-8/h7-8,10,12H,3-6H2,1-2H3. The Kier molecular flexibility index (Phi) is 2.95. The SMILES string of the molecule is CCOC(=O)C1=CN(C)NC1CC1CC1. The first kappa shape index (κ1) is 10.5. The van der Waals surface area contributed by atoms with E-state index in [1.54, 1.807) is 0 Å². The molecule has 1 unspecified atom stereocenters. The van der Waals surface area contributed by atoms with Crippen molar-refractivity contribution < 1.29 is 9.53 Å². The number of hydrazine groups is 1. The smallest absolute Gasteiger partial charge is 0.337 e. The topological polar surface area (TPSA) is 41.6 Å². The summed E-state index contributed by atoms with van der Waals surface area (Å²) in [5.41, 5.74) is 4.02. The van der Waals surface area contributed by atoms with Crippen LogP contribution in [0, 0.1) is 5.92 Å². The molecule has 0 radical (unpaired) electrons. The van der Waals surface area contributed by atoms with Crippen molar-refractivity contribution >= 4 is 5.97 Å². The van der Waals surface area contributed by atoms with Gasteiger partial charge in [0.05, 0.1) is 18.2 Å². The molecule has 1 N–H and O–H groups in total. The maximum atomic E-state index is 11.6. The van der Waals surface area contributed by atoms with E-state index in [1.807, 2.05) is 25.2 Å². The van der Waals surface area contributed by atoms with Gasteiger partial charge < -0.3 is 9.75 Å². The second kappa shape index (κ2) is 4.23. The van der Waals surface area contributed by atoms with Crippen molar-refractivity contribution in [3.8, 4) is 0 Å². The number of hydrogen-bond acceptors (Lipinski definition) is 4. The first-order chi connectivity index (χ1) is 7.20. The van der Waals surface area contributed by atoms with Crippen molar-refractivity contribution in [1.29, 1.82) is 0 Å². The average molecular weight is 210 g/mol. The van der Waals surface area contributed by atoms with E-state index in [9.17, 15) is 4.79 Å². The quantitative estimate of drug-likeness (QED) is 0.704. The van der Waals surface area contributed by atoms with E-state index in [0.717, 1.165) is 17.9 Å². The Bertz CT molecular complexity index is 284. The number of ether oxygens (including phenoxy) is 1. The van der Waals surface area contributed by atoms with E-state index in [0.29, 0.717) is 6.61 Å². The van der Waals surface area contributed by atoms with Crippen molar-refractivity contribution in [2.24, 2.45) is 5.92 Å². The second-order valence-corrected chi connectivity index (χ2v) is 4.28. The lowest BCUT2D eigenvalue weighted by Gasteiger charge is -2.16. The zero-order valence-electron chi connectivity index (χ0n) is 9.32. The maximum Gasteiger partial charge on any atom is 0.337 e. The zero-order chi connectivity index (χ0) is 10.8. The van der Waals surface area contributed by atoms with E-state index in [2.05, 4.69) is 5.43 Å². The number of carbonyl (C=O) groups excluding carboxylic acids is 1. The van der Waals surface area contributed by atoms with Gasteiger partial charge in [0.15, 0.2) is 0 Å². The van der Waals surface area contributed by atoms with Crippen molar-refractivity contribution in [3.63, 3.8) is 0 Å². The largest absolute Gasteiger partial charge is 0.463 e. The number of hydrogen-bond donors (Lipinski definition) is 1. The van der Waals surface area contributed by atoms with Crippen LogP contribution in [0.25, 0.3) is 0 Å². The van der Waals surface area contributed by atoms with Gasteiger partial charge in [-0.05, 0) is 19.3 Å². The van der Waals surface area contributed by atoms with Crippen LogP contribution in [0.15, 0.2) is 11.8 Å². The van der Waals surface area contributed by atoms with Crippen LogP contribution < -0.4 is 5.43 Å². The first-order valence-corrected chi connectivity index (χ1v) is 5.58. The Balaban J connectivity index is 1.97. The van der Waals surface area contributed by atoms with E-state index in [4.69, 9.17) is 4.74 Å². The van der Waals surface area contributed by atoms with Gasteiger partial charge in [0, 0.05) is 13.2 Å². The third-order valence-electron chi connectivity index (χ3n) is 2.84. The van der Waals surface area contributed by atoms with E-state index >= 15 is 0 Å². The summed E-state index contributed by atoms with van der Waals surface area (Å²) in [4.78, 5) is 11.6. The number of nitrogens with one attached hydrogen (secondary N) is 1. The normalized spacial score (nSPS) is 25.3. The van der Waals surface area contributed by atoms with Crippen molar-refractivity contribution in [3.05, 3.63) is 11.8 Å². The molecule has 1 aliphatic carbocycles. The van der Waals surface area contributed by atoms with Gasteiger partial charge in [-0.25, -0.2) is 10.2 Å². The molecule has 0 amide bonds. The predicted molar refractivity (Wildman–Crippen MR) is 56.7 cm³/mol. The molecule has 1 aliphatic heterocycles. The zero-order valence-corrected chi connectivity index (χ0v) is 9.32. The third kappa shape index (κ3) is 2.50. The summed E-state index contributed by atoms with van der Waals surface area (Å²) in [6.45, 7) is 2.27. The van der Waals surface area contributed by atoms with Gasteiger partial charge in [0.25, 0.3) is 0 Å². The minimum absolute atomic E-state index is 0.154. The van der Waals surface area contributed by atoms with Gasteiger partial charge in [-0.3, -0.25) is 0 Å². The Labute approximate surface area is 90.2 Å². The van der Waals surface area contributed by atoms with Gasteiger partial charge in [-0.15, -0.1) is 0 Å². The highest BCUT2D eigenvalue weighted by molar-refractivity contribution is 5.90. The molecular formula is C11H18N2O2. The molecule has 1 heterocycles. The fourth-order valence-corrected chi connectivity index (χ4v) is 1.93. The van der Waals surface area contributed by atoms with Crippen LogP contribution in [0.4, 0.5) is 0 Å². The molecule has 4 nitrogen and oxygen atoms in total. The van der Waals surface area contributed by atoms with Gasteiger partial charge in [0.1, 0.15) is 0 Å². The van der Waals surface area contributed by atoms with Crippen LogP contribution in [0.5, 0.6) is 0 Å². The lowest BCUT2D eigenvalue weighted by molar-refractivity contribution is -0.138. The molecule has 84 valence electrons. The van der Waals surface area contributed by atoms with E-state index in [-0.39, 0.29) is 12.0 Å². The van der Waals surface area contributed by atoms with Crippen LogP contribution in [0.3, 0.4) is 0 Å². The van der Waals surface area contributed by atoms with Crippen molar-refractivity contribution in [2.75, 3.05) is 13.7 Å². The average Bonchev–Trinajstić information content (AvgIpc) is 2.90. The van der Waals surface area contributed by atoms with Gasteiger partial charge in [0.2, 0.25) is 0 Å². The molecule has 2 aliphatic rings. The van der Waals surface area contributed by atoms with Crippen LogP contribution in [0.2, 0.25) is 0 Å². The van der Waals surface area contributed by atoms with Crippen LogP contribution in [-0.4, -0.2) is 30.7 Å². The number of rotatable bonds is 4. The predicted octanol–water partition coefficient (Wildman–Crippen LogP) is 1.05. The fraction of sp³-hybridized carbons (Fsp3) is 0.727. The fourth-order valence-electron chi connectivity index (χ4n) is 1.93. The summed E-state index contributed by atoms with van der Waals surface area (Å²) in [6.07, 6.45) is 5.50. The monoisotopic (exact) mass is 210 g/mol.